The number of ether oxygens (including phenoxy) is 1. The first-order valence-corrected chi connectivity index (χ1v) is 6.82. The lowest BCUT2D eigenvalue weighted by atomic mass is 9.96. The Morgan fingerprint density at radius 1 is 1.42 bits per heavy atom. The number of carboxylic acids is 1. The molecular weight excluding hydrogens is 248 g/mol. The molecule has 1 rings (SSSR count). The van der Waals surface area contributed by atoms with Crippen molar-refractivity contribution in [3.8, 4) is 0 Å². The monoisotopic (exact) mass is 272 g/mol. The Balaban J connectivity index is 2.20. The quantitative estimate of drug-likeness (QED) is 0.714. The van der Waals surface area contributed by atoms with Gasteiger partial charge in [-0.1, -0.05) is 6.92 Å². The molecule has 0 aromatic rings. The molecule has 0 saturated carbocycles. The summed E-state index contributed by atoms with van der Waals surface area (Å²) in [4.78, 5) is 24.0. The summed E-state index contributed by atoms with van der Waals surface area (Å²) in [6.45, 7) is 4.03. The van der Waals surface area contributed by atoms with Crippen molar-refractivity contribution < 1.29 is 19.4 Å². The summed E-state index contributed by atoms with van der Waals surface area (Å²) >= 11 is 0. The number of nitrogens with one attached hydrogen (secondary N) is 1. The Kier molecular flexibility index (Phi) is 6.62. The van der Waals surface area contributed by atoms with Gasteiger partial charge < -0.3 is 20.1 Å². The molecule has 2 amide bonds. The van der Waals surface area contributed by atoms with E-state index < -0.39 is 5.97 Å². The Morgan fingerprint density at radius 2 is 2.16 bits per heavy atom. The van der Waals surface area contributed by atoms with Crippen LogP contribution in [0.5, 0.6) is 0 Å². The Morgan fingerprint density at radius 3 is 2.79 bits per heavy atom. The van der Waals surface area contributed by atoms with E-state index in [2.05, 4.69) is 12.2 Å². The predicted molar refractivity (Wildman–Crippen MR) is 71.0 cm³/mol. The summed E-state index contributed by atoms with van der Waals surface area (Å²) in [5.74, 6) is -0.316. The summed E-state index contributed by atoms with van der Waals surface area (Å²) in [6, 6.07) is -0.0794. The van der Waals surface area contributed by atoms with Crippen LogP contribution in [0.4, 0.5) is 4.79 Å². The van der Waals surface area contributed by atoms with Crippen molar-refractivity contribution in [1.29, 1.82) is 0 Å². The fourth-order valence-electron chi connectivity index (χ4n) is 2.23. The predicted octanol–water partition coefficient (Wildman–Crippen LogP) is 1.31. The van der Waals surface area contributed by atoms with Gasteiger partial charge in [0, 0.05) is 33.2 Å². The summed E-state index contributed by atoms with van der Waals surface area (Å²) in [5, 5.41) is 11.3. The van der Waals surface area contributed by atoms with Crippen LogP contribution in [0, 0.1) is 5.92 Å². The van der Waals surface area contributed by atoms with Gasteiger partial charge in [0.1, 0.15) is 0 Å². The van der Waals surface area contributed by atoms with Crippen molar-refractivity contribution in [3.63, 3.8) is 0 Å². The highest BCUT2D eigenvalue weighted by Crippen LogP contribution is 2.19. The van der Waals surface area contributed by atoms with E-state index >= 15 is 0 Å². The first kappa shape index (κ1) is 15.8. The highest BCUT2D eigenvalue weighted by Gasteiger charge is 2.28. The van der Waals surface area contributed by atoms with Crippen LogP contribution in [0.25, 0.3) is 0 Å². The van der Waals surface area contributed by atoms with Gasteiger partial charge in [0.2, 0.25) is 0 Å². The molecule has 1 aliphatic rings. The molecule has 1 saturated heterocycles. The van der Waals surface area contributed by atoms with Gasteiger partial charge in [-0.05, 0) is 25.2 Å². The van der Waals surface area contributed by atoms with Crippen molar-refractivity contribution in [2.75, 3.05) is 26.7 Å². The molecule has 110 valence electrons. The minimum absolute atomic E-state index is 0.0794. The number of urea groups is 1. The Bertz CT molecular complexity index is 309. The molecular formula is C13H24N2O4. The molecule has 2 N–H and O–H groups in total. The van der Waals surface area contributed by atoms with Gasteiger partial charge in [-0.15, -0.1) is 0 Å². The zero-order valence-electron chi connectivity index (χ0n) is 11.7. The molecule has 1 fully saturated rings. The van der Waals surface area contributed by atoms with Crippen LogP contribution in [0.3, 0.4) is 0 Å². The van der Waals surface area contributed by atoms with E-state index in [1.54, 1.807) is 12.0 Å². The topological polar surface area (TPSA) is 78.9 Å². The third-order valence-corrected chi connectivity index (χ3v) is 3.57. The molecule has 19 heavy (non-hydrogen) atoms. The fraction of sp³-hybridized carbons (Fsp3) is 0.846. The lowest BCUT2D eigenvalue weighted by molar-refractivity contribution is -0.137. The number of amides is 2. The molecule has 0 aromatic heterocycles. The first-order chi connectivity index (χ1) is 9.04. The number of carbonyl (C=O) groups excluding carboxylic acids is 1. The number of methoxy groups -OCH3 is 1. The normalized spacial score (nSPS) is 23.2. The highest BCUT2D eigenvalue weighted by atomic mass is 16.5. The standard InChI is InChI=1S/C13H24N2O4/c1-10-6-8-15(9-11(10)19-2)13(18)14-7-4-3-5-12(16)17/h10-11H,3-9H2,1-2H3,(H,14,18)(H,16,17). The summed E-state index contributed by atoms with van der Waals surface area (Å²) in [5.41, 5.74) is 0. The lowest BCUT2D eigenvalue weighted by Gasteiger charge is -2.36. The molecule has 6 heteroatoms. The van der Waals surface area contributed by atoms with E-state index in [-0.39, 0.29) is 18.6 Å². The number of hydrogen-bond acceptors (Lipinski definition) is 3. The van der Waals surface area contributed by atoms with Crippen molar-refractivity contribution in [3.05, 3.63) is 0 Å². The van der Waals surface area contributed by atoms with Gasteiger partial charge >= 0.3 is 12.0 Å². The van der Waals surface area contributed by atoms with Crippen LogP contribution in [-0.2, 0) is 9.53 Å². The third kappa shape index (κ3) is 5.46. The second kappa shape index (κ2) is 7.99. The number of aliphatic carboxylic acids is 1. The Hall–Kier alpha value is -1.30. The number of carbonyl (C=O) groups is 2. The average molecular weight is 272 g/mol. The van der Waals surface area contributed by atoms with Gasteiger partial charge in [-0.3, -0.25) is 4.79 Å². The van der Waals surface area contributed by atoms with Gasteiger partial charge in [0.25, 0.3) is 0 Å². The van der Waals surface area contributed by atoms with Gasteiger partial charge in [-0.25, -0.2) is 4.79 Å². The zero-order valence-corrected chi connectivity index (χ0v) is 11.7. The second-order valence-corrected chi connectivity index (χ2v) is 5.07. The summed E-state index contributed by atoms with van der Waals surface area (Å²) in [7, 11) is 1.68. The minimum atomic E-state index is -0.792. The molecule has 0 aliphatic carbocycles. The highest BCUT2D eigenvalue weighted by molar-refractivity contribution is 5.74. The smallest absolute Gasteiger partial charge is 0.317 e. The SMILES string of the molecule is COC1CN(C(=O)NCCCCC(=O)O)CCC1C. The average Bonchev–Trinajstić information content (AvgIpc) is 2.38. The molecule has 2 unspecified atom stereocenters. The van der Waals surface area contributed by atoms with E-state index in [9.17, 15) is 9.59 Å². The number of carboxylic acid groups (broad SMARTS) is 1. The fourth-order valence-corrected chi connectivity index (χ4v) is 2.23. The lowest BCUT2D eigenvalue weighted by Crippen LogP contribution is -2.50. The van der Waals surface area contributed by atoms with E-state index in [0.29, 0.717) is 31.8 Å². The number of unbranched alkanes of at least 4 members (excludes halogenated alkanes) is 1. The van der Waals surface area contributed by atoms with Gasteiger partial charge in [-0.2, -0.15) is 0 Å². The molecule has 0 aromatic carbocycles. The number of hydrogen-bond donors (Lipinski definition) is 2. The van der Waals surface area contributed by atoms with Crippen LogP contribution >= 0.6 is 0 Å². The molecule has 0 spiro atoms. The Labute approximate surface area is 114 Å². The largest absolute Gasteiger partial charge is 0.481 e. The minimum Gasteiger partial charge on any atom is -0.481 e. The van der Waals surface area contributed by atoms with E-state index in [4.69, 9.17) is 9.84 Å². The maximum atomic E-state index is 11.9. The van der Waals surface area contributed by atoms with Crippen LogP contribution < -0.4 is 5.32 Å². The van der Waals surface area contributed by atoms with Crippen molar-refractivity contribution in [2.24, 2.45) is 5.92 Å². The van der Waals surface area contributed by atoms with Crippen LogP contribution in [0.1, 0.15) is 32.6 Å². The number of nitrogens with zero attached hydrogens (tertiary/aromatic N) is 1. The number of likely N-dealkylation sites (tertiary alicyclic amines) is 1. The first-order valence-electron chi connectivity index (χ1n) is 6.82. The van der Waals surface area contributed by atoms with Crippen LogP contribution in [0.15, 0.2) is 0 Å². The van der Waals surface area contributed by atoms with E-state index in [1.165, 1.54) is 0 Å². The molecule has 2 atom stereocenters. The van der Waals surface area contributed by atoms with Gasteiger partial charge in [0.15, 0.2) is 0 Å². The van der Waals surface area contributed by atoms with E-state index in [1.807, 2.05) is 0 Å². The van der Waals surface area contributed by atoms with Gasteiger partial charge in [0.05, 0.1) is 6.10 Å². The van der Waals surface area contributed by atoms with Crippen molar-refractivity contribution in [2.45, 2.75) is 38.7 Å². The van der Waals surface area contributed by atoms with Crippen molar-refractivity contribution in [1.82, 2.24) is 10.2 Å². The molecule has 0 radical (unpaired) electrons. The second-order valence-electron chi connectivity index (χ2n) is 5.07. The van der Waals surface area contributed by atoms with Crippen LogP contribution in [0.2, 0.25) is 0 Å². The molecule has 0 bridgehead atoms. The maximum absolute atomic E-state index is 11.9. The molecule has 1 heterocycles. The van der Waals surface area contributed by atoms with Crippen molar-refractivity contribution >= 4 is 12.0 Å². The third-order valence-electron chi connectivity index (χ3n) is 3.57. The number of rotatable bonds is 6. The zero-order chi connectivity index (χ0) is 14.3. The molecule has 6 nitrogen and oxygen atoms in total. The summed E-state index contributed by atoms with van der Waals surface area (Å²) < 4.78 is 5.37. The molecule has 1 aliphatic heterocycles. The van der Waals surface area contributed by atoms with E-state index in [0.717, 1.165) is 13.0 Å². The van der Waals surface area contributed by atoms with Crippen LogP contribution in [-0.4, -0.2) is 54.9 Å². The number of piperidine rings is 1. The maximum Gasteiger partial charge on any atom is 0.317 e. The summed E-state index contributed by atoms with van der Waals surface area (Å²) in [6.07, 6.45) is 2.49.